The Balaban J connectivity index is 1.66. The van der Waals surface area contributed by atoms with Crippen LogP contribution in [0.1, 0.15) is 48.1 Å². The lowest BCUT2D eigenvalue weighted by atomic mass is 10.0. The summed E-state index contributed by atoms with van der Waals surface area (Å²) in [7, 11) is 1.41. The van der Waals surface area contributed by atoms with Gasteiger partial charge in [0, 0.05) is 20.1 Å². The molecule has 8 nitrogen and oxygen atoms in total. The molecule has 8 heteroatoms. The molecule has 0 unspecified atom stereocenters. The number of phenolic OH excluding ortho intramolecular Hbond substituents is 1. The summed E-state index contributed by atoms with van der Waals surface area (Å²) in [4.78, 5) is 41.3. The third-order valence-corrected chi connectivity index (χ3v) is 6.14. The highest BCUT2D eigenvalue weighted by molar-refractivity contribution is 6.20. The first-order valence-electron chi connectivity index (χ1n) is 11.2. The lowest BCUT2D eigenvalue weighted by molar-refractivity contribution is -0.136. The number of benzene rings is 2. The highest BCUT2D eigenvalue weighted by atomic mass is 16.3. The zero-order valence-electron chi connectivity index (χ0n) is 18.8. The van der Waals surface area contributed by atoms with Crippen LogP contribution in [-0.2, 0) is 9.59 Å². The van der Waals surface area contributed by atoms with Crippen LogP contribution in [0, 0.1) is 0 Å². The van der Waals surface area contributed by atoms with E-state index in [1.807, 2.05) is 37.3 Å². The lowest BCUT2D eigenvalue weighted by Crippen LogP contribution is -2.31. The van der Waals surface area contributed by atoms with Gasteiger partial charge in [-0.05, 0) is 37.0 Å². The SMILES string of the molecule is CC[C@@H](NC1=C(Nc2cccc(C(=O)N3CCCC3)c2O)C(=O)N(C)C1=O)c1ccccc1. The Morgan fingerprint density at radius 2 is 1.67 bits per heavy atom. The number of likely N-dealkylation sites (tertiary alicyclic amines) is 1. The Labute approximate surface area is 192 Å². The van der Waals surface area contributed by atoms with Crippen molar-refractivity contribution < 1.29 is 19.5 Å². The zero-order chi connectivity index (χ0) is 23.5. The van der Waals surface area contributed by atoms with Crippen molar-refractivity contribution in [3.05, 3.63) is 71.1 Å². The van der Waals surface area contributed by atoms with Crippen LogP contribution in [0.25, 0.3) is 0 Å². The molecule has 0 bridgehead atoms. The second-order valence-electron chi connectivity index (χ2n) is 8.26. The van der Waals surface area contributed by atoms with Crippen LogP contribution in [-0.4, -0.2) is 52.8 Å². The molecule has 1 fully saturated rings. The Bertz CT molecular complexity index is 1110. The van der Waals surface area contributed by atoms with Crippen molar-refractivity contribution >= 4 is 23.4 Å². The minimum atomic E-state index is -0.513. The van der Waals surface area contributed by atoms with E-state index in [0.29, 0.717) is 19.5 Å². The second-order valence-corrected chi connectivity index (χ2v) is 8.26. The molecule has 0 aliphatic carbocycles. The third kappa shape index (κ3) is 4.28. The van der Waals surface area contributed by atoms with Crippen molar-refractivity contribution in [1.82, 2.24) is 15.1 Å². The maximum Gasteiger partial charge on any atom is 0.279 e. The molecule has 0 spiro atoms. The highest BCUT2D eigenvalue weighted by Crippen LogP contribution is 2.32. The molecule has 0 saturated carbocycles. The number of likely N-dealkylation sites (N-methyl/N-ethyl adjacent to an activating group) is 1. The summed E-state index contributed by atoms with van der Waals surface area (Å²) in [5.41, 5.74) is 1.52. The normalized spacial score (nSPS) is 17.0. The van der Waals surface area contributed by atoms with Crippen molar-refractivity contribution in [3.63, 3.8) is 0 Å². The molecule has 2 aliphatic rings. The minimum Gasteiger partial charge on any atom is -0.505 e. The molecule has 1 atom stereocenters. The molecular weight excluding hydrogens is 420 g/mol. The van der Waals surface area contributed by atoms with E-state index in [4.69, 9.17) is 0 Å². The van der Waals surface area contributed by atoms with Crippen molar-refractivity contribution in [1.29, 1.82) is 0 Å². The van der Waals surface area contributed by atoms with Gasteiger partial charge in [0.05, 0.1) is 17.3 Å². The molecule has 2 aromatic rings. The van der Waals surface area contributed by atoms with Gasteiger partial charge in [-0.1, -0.05) is 43.3 Å². The largest absolute Gasteiger partial charge is 0.505 e. The summed E-state index contributed by atoms with van der Waals surface area (Å²) in [5.74, 6) is -1.46. The Morgan fingerprint density at radius 1 is 1.00 bits per heavy atom. The van der Waals surface area contributed by atoms with Crippen molar-refractivity contribution in [2.45, 2.75) is 32.2 Å². The maximum atomic E-state index is 12.9. The second kappa shape index (κ2) is 9.36. The molecule has 2 aliphatic heterocycles. The van der Waals surface area contributed by atoms with Gasteiger partial charge in [-0.15, -0.1) is 0 Å². The van der Waals surface area contributed by atoms with Gasteiger partial charge < -0.3 is 20.6 Å². The van der Waals surface area contributed by atoms with Crippen LogP contribution in [0.2, 0.25) is 0 Å². The first kappa shape index (κ1) is 22.4. The fourth-order valence-electron chi connectivity index (χ4n) is 4.21. The number of carbonyl (C=O) groups is 3. The molecule has 2 aromatic carbocycles. The number of hydrogen-bond acceptors (Lipinski definition) is 6. The monoisotopic (exact) mass is 448 g/mol. The number of hydrogen-bond donors (Lipinski definition) is 3. The third-order valence-electron chi connectivity index (χ3n) is 6.14. The average molecular weight is 449 g/mol. The topological polar surface area (TPSA) is 102 Å². The van der Waals surface area contributed by atoms with Crippen molar-refractivity contribution in [2.24, 2.45) is 0 Å². The number of carbonyl (C=O) groups excluding carboxylic acids is 3. The molecule has 172 valence electrons. The molecular formula is C25H28N4O4. The smallest absolute Gasteiger partial charge is 0.279 e. The van der Waals surface area contributed by atoms with E-state index in [1.54, 1.807) is 23.1 Å². The van der Waals surface area contributed by atoms with Gasteiger partial charge in [0.25, 0.3) is 17.7 Å². The summed E-state index contributed by atoms with van der Waals surface area (Å²) in [5, 5.41) is 17.0. The van der Waals surface area contributed by atoms with Crippen LogP contribution in [0.4, 0.5) is 5.69 Å². The van der Waals surface area contributed by atoms with Crippen LogP contribution in [0.15, 0.2) is 59.9 Å². The van der Waals surface area contributed by atoms with Crippen LogP contribution in [0.5, 0.6) is 5.75 Å². The fraction of sp³-hybridized carbons (Fsp3) is 0.320. The number of anilines is 1. The minimum absolute atomic E-state index is 0.0398. The highest BCUT2D eigenvalue weighted by Gasteiger charge is 2.37. The van der Waals surface area contributed by atoms with Gasteiger partial charge in [0.1, 0.15) is 11.4 Å². The zero-order valence-corrected chi connectivity index (χ0v) is 18.8. The van der Waals surface area contributed by atoms with E-state index in [2.05, 4.69) is 10.6 Å². The summed E-state index contributed by atoms with van der Waals surface area (Å²) in [6.45, 7) is 3.30. The molecule has 2 heterocycles. The van der Waals surface area contributed by atoms with Gasteiger partial charge in [-0.2, -0.15) is 0 Å². The number of para-hydroxylation sites is 1. The number of amides is 3. The van der Waals surface area contributed by atoms with Gasteiger partial charge in [0.15, 0.2) is 5.75 Å². The number of nitrogens with one attached hydrogen (secondary N) is 2. The van der Waals surface area contributed by atoms with Gasteiger partial charge in [-0.3, -0.25) is 19.3 Å². The van der Waals surface area contributed by atoms with E-state index in [1.165, 1.54) is 7.05 Å². The average Bonchev–Trinajstić information content (AvgIpc) is 3.44. The van der Waals surface area contributed by atoms with Crippen molar-refractivity contribution in [2.75, 3.05) is 25.5 Å². The van der Waals surface area contributed by atoms with E-state index in [-0.39, 0.29) is 40.3 Å². The van der Waals surface area contributed by atoms with E-state index >= 15 is 0 Å². The Kier molecular flexibility index (Phi) is 6.35. The predicted molar refractivity (Wildman–Crippen MR) is 124 cm³/mol. The van der Waals surface area contributed by atoms with Gasteiger partial charge in [0.2, 0.25) is 0 Å². The lowest BCUT2D eigenvalue weighted by Gasteiger charge is -2.20. The molecule has 33 heavy (non-hydrogen) atoms. The predicted octanol–water partition coefficient (Wildman–Crippen LogP) is 2.99. The number of nitrogens with zero attached hydrogens (tertiary/aromatic N) is 2. The molecule has 0 radical (unpaired) electrons. The van der Waals surface area contributed by atoms with E-state index in [0.717, 1.165) is 23.3 Å². The Morgan fingerprint density at radius 3 is 2.33 bits per heavy atom. The Hall–Kier alpha value is -3.81. The summed E-state index contributed by atoms with van der Waals surface area (Å²) >= 11 is 0. The number of rotatable bonds is 7. The first-order chi connectivity index (χ1) is 15.9. The summed E-state index contributed by atoms with van der Waals surface area (Å²) in [6, 6.07) is 14.3. The van der Waals surface area contributed by atoms with E-state index in [9.17, 15) is 19.5 Å². The molecule has 4 rings (SSSR count). The molecule has 0 aromatic heterocycles. The number of phenols is 1. The van der Waals surface area contributed by atoms with Crippen molar-refractivity contribution in [3.8, 4) is 5.75 Å². The fourth-order valence-corrected chi connectivity index (χ4v) is 4.21. The molecule has 3 N–H and O–H groups in total. The summed E-state index contributed by atoms with van der Waals surface area (Å²) in [6.07, 6.45) is 2.57. The molecule has 1 saturated heterocycles. The standard InChI is InChI=1S/C25H28N4O4/c1-3-18(16-10-5-4-6-11-16)26-20-21(25(33)28(2)24(20)32)27-19-13-9-12-17(22(19)30)23(31)29-14-7-8-15-29/h4-6,9-13,18,26-27,30H,3,7-8,14-15H2,1-2H3/t18-/m1/s1. The van der Waals surface area contributed by atoms with Gasteiger partial charge in [-0.25, -0.2) is 0 Å². The number of imide groups is 1. The van der Waals surface area contributed by atoms with Crippen LogP contribution in [0.3, 0.4) is 0 Å². The summed E-state index contributed by atoms with van der Waals surface area (Å²) < 4.78 is 0. The van der Waals surface area contributed by atoms with Gasteiger partial charge >= 0.3 is 0 Å². The first-order valence-corrected chi connectivity index (χ1v) is 11.2. The number of aromatic hydroxyl groups is 1. The quantitative estimate of drug-likeness (QED) is 0.445. The molecule has 3 amide bonds. The van der Waals surface area contributed by atoms with E-state index < -0.39 is 11.8 Å². The van der Waals surface area contributed by atoms with Crippen LogP contribution < -0.4 is 10.6 Å². The maximum absolute atomic E-state index is 12.9. The van der Waals surface area contributed by atoms with Crippen LogP contribution >= 0.6 is 0 Å².